The number of fused-ring (bicyclic) bond motifs is 2. The Morgan fingerprint density at radius 3 is 2.48 bits per heavy atom. The molecular weight excluding hydrogens is 424 g/mol. The van der Waals surface area contributed by atoms with Gasteiger partial charge < -0.3 is 31.5 Å². The Hall–Kier alpha value is -2.91. The second kappa shape index (κ2) is 11.3. The van der Waals surface area contributed by atoms with E-state index < -0.39 is 41.4 Å². The zero-order valence-corrected chi connectivity index (χ0v) is 20.0. The van der Waals surface area contributed by atoms with Crippen LogP contribution in [0.1, 0.15) is 51.7 Å². The van der Waals surface area contributed by atoms with Gasteiger partial charge in [-0.05, 0) is 48.6 Å². The van der Waals surface area contributed by atoms with Gasteiger partial charge in [0.05, 0.1) is 18.8 Å². The zero-order valence-electron chi connectivity index (χ0n) is 20.0. The van der Waals surface area contributed by atoms with Gasteiger partial charge in [0, 0.05) is 12.6 Å². The Bertz CT molecular complexity index is 899. The van der Waals surface area contributed by atoms with Gasteiger partial charge in [0.15, 0.2) is 0 Å². The molecule has 6 N–H and O–H groups in total. The molecule has 1 aliphatic rings. The van der Waals surface area contributed by atoms with Gasteiger partial charge in [0.1, 0.15) is 17.8 Å². The van der Waals surface area contributed by atoms with Crippen LogP contribution in [0, 0.1) is 5.92 Å². The SMILES string of the molecule is CCC(C)C1NC(=O)C(N)Cc2cc(ccc2OC)C=CNC(=O)C(C(C)(O)CC)NC1=O. The van der Waals surface area contributed by atoms with Gasteiger partial charge in [0.2, 0.25) is 17.7 Å². The van der Waals surface area contributed by atoms with Gasteiger partial charge in [-0.15, -0.1) is 0 Å². The number of carbonyl (C=O) groups excluding carboxylic acids is 3. The standard InChI is InChI=1S/C24H36N4O5/c1-6-14(3)19-22(30)28-20(24(4,32)7-2)23(31)26-11-10-15-8-9-18(33-5)16(12-15)13-17(25)21(29)27-19/h8-12,14,17,19-20,32H,6-7,13,25H2,1-5H3,(H,26,31)(H,27,29)(H,28,30). The summed E-state index contributed by atoms with van der Waals surface area (Å²) in [6.07, 6.45) is 4.15. The lowest BCUT2D eigenvalue weighted by atomic mass is 9.91. The minimum Gasteiger partial charge on any atom is -0.496 e. The first-order valence-electron chi connectivity index (χ1n) is 11.3. The van der Waals surface area contributed by atoms with Crippen molar-refractivity contribution < 1.29 is 24.2 Å². The van der Waals surface area contributed by atoms with Crippen molar-refractivity contribution in [2.45, 2.75) is 70.7 Å². The van der Waals surface area contributed by atoms with E-state index in [0.717, 1.165) is 11.1 Å². The zero-order chi connectivity index (χ0) is 24.8. The third-order valence-corrected chi connectivity index (χ3v) is 6.26. The summed E-state index contributed by atoms with van der Waals surface area (Å²) in [5, 5.41) is 18.8. The predicted molar refractivity (Wildman–Crippen MR) is 126 cm³/mol. The molecule has 0 saturated heterocycles. The summed E-state index contributed by atoms with van der Waals surface area (Å²) in [5.74, 6) is -1.27. The highest BCUT2D eigenvalue weighted by molar-refractivity contribution is 5.94. The van der Waals surface area contributed by atoms with Crippen LogP contribution in [0.25, 0.3) is 6.08 Å². The van der Waals surface area contributed by atoms with Crippen molar-refractivity contribution >= 4 is 23.8 Å². The molecule has 9 nitrogen and oxygen atoms in total. The van der Waals surface area contributed by atoms with Crippen LogP contribution in [0.2, 0.25) is 0 Å². The normalized spacial score (nSPS) is 24.9. The number of rotatable bonds is 5. The molecule has 1 aromatic rings. The maximum Gasteiger partial charge on any atom is 0.249 e. The smallest absolute Gasteiger partial charge is 0.249 e. The van der Waals surface area contributed by atoms with Gasteiger partial charge in [-0.1, -0.05) is 33.3 Å². The minimum absolute atomic E-state index is 0.199. The van der Waals surface area contributed by atoms with Gasteiger partial charge in [-0.3, -0.25) is 14.4 Å². The first-order valence-corrected chi connectivity index (χ1v) is 11.3. The summed E-state index contributed by atoms with van der Waals surface area (Å²) < 4.78 is 5.40. The molecule has 3 amide bonds. The van der Waals surface area contributed by atoms with Crippen molar-refractivity contribution in [1.82, 2.24) is 16.0 Å². The molecule has 9 heteroatoms. The van der Waals surface area contributed by atoms with E-state index in [1.807, 2.05) is 19.9 Å². The Balaban J connectivity index is 2.52. The number of carbonyl (C=O) groups is 3. The molecule has 0 spiro atoms. The third kappa shape index (κ3) is 6.55. The maximum atomic E-state index is 13.2. The highest BCUT2D eigenvalue weighted by Gasteiger charge is 2.39. The molecule has 5 unspecified atom stereocenters. The molecule has 182 valence electrons. The summed E-state index contributed by atoms with van der Waals surface area (Å²) in [5.41, 5.74) is 6.17. The Kier molecular flexibility index (Phi) is 9.01. The molecule has 1 heterocycles. The number of methoxy groups -OCH3 is 1. The van der Waals surface area contributed by atoms with E-state index in [1.54, 1.807) is 25.1 Å². The van der Waals surface area contributed by atoms with E-state index in [4.69, 9.17) is 10.5 Å². The highest BCUT2D eigenvalue weighted by Crippen LogP contribution is 2.23. The predicted octanol–water partition coefficient (Wildman–Crippen LogP) is 0.842. The highest BCUT2D eigenvalue weighted by atomic mass is 16.5. The number of hydrogen-bond donors (Lipinski definition) is 5. The number of hydrogen-bond acceptors (Lipinski definition) is 6. The molecule has 0 saturated carbocycles. The van der Waals surface area contributed by atoms with Gasteiger partial charge in [0.25, 0.3) is 0 Å². The van der Waals surface area contributed by atoms with Crippen LogP contribution in [-0.4, -0.2) is 53.7 Å². The number of aliphatic hydroxyl groups is 1. The van der Waals surface area contributed by atoms with E-state index in [9.17, 15) is 19.5 Å². The first kappa shape index (κ1) is 26.3. The molecule has 0 fully saturated rings. The van der Waals surface area contributed by atoms with E-state index in [2.05, 4.69) is 16.0 Å². The molecule has 0 aliphatic carbocycles. The number of nitrogens with one attached hydrogen (secondary N) is 3. The molecular formula is C24H36N4O5. The molecule has 1 aromatic carbocycles. The van der Waals surface area contributed by atoms with Crippen LogP contribution in [-0.2, 0) is 20.8 Å². The van der Waals surface area contributed by atoms with E-state index in [0.29, 0.717) is 12.2 Å². The molecule has 0 radical (unpaired) electrons. The van der Waals surface area contributed by atoms with Crippen molar-refractivity contribution in [2.24, 2.45) is 11.7 Å². The monoisotopic (exact) mass is 460 g/mol. The fourth-order valence-electron chi connectivity index (χ4n) is 3.60. The second-order valence-corrected chi connectivity index (χ2v) is 8.75. The van der Waals surface area contributed by atoms with Crippen LogP contribution in [0.3, 0.4) is 0 Å². The molecule has 5 atom stereocenters. The number of ether oxygens (including phenoxy) is 1. The Labute approximate surface area is 195 Å². The summed E-state index contributed by atoms with van der Waals surface area (Å²) >= 11 is 0. The lowest BCUT2D eigenvalue weighted by Gasteiger charge is -2.33. The molecule has 0 aromatic heterocycles. The first-order chi connectivity index (χ1) is 15.5. The van der Waals surface area contributed by atoms with Crippen molar-refractivity contribution in [1.29, 1.82) is 0 Å². The Morgan fingerprint density at radius 1 is 1.18 bits per heavy atom. The molecule has 2 bridgehead atoms. The van der Waals surface area contributed by atoms with Crippen LogP contribution in [0.5, 0.6) is 5.75 Å². The Morgan fingerprint density at radius 2 is 1.88 bits per heavy atom. The number of amides is 3. The summed E-state index contributed by atoms with van der Waals surface area (Å²) in [7, 11) is 1.53. The molecule has 33 heavy (non-hydrogen) atoms. The average Bonchev–Trinajstić information content (AvgIpc) is 2.79. The number of benzene rings is 1. The van der Waals surface area contributed by atoms with Crippen LogP contribution in [0.15, 0.2) is 24.4 Å². The minimum atomic E-state index is -1.50. The summed E-state index contributed by atoms with van der Waals surface area (Å²) in [6, 6.07) is 2.31. The van der Waals surface area contributed by atoms with E-state index in [1.165, 1.54) is 20.2 Å². The number of nitrogens with two attached hydrogens (primary N) is 1. The third-order valence-electron chi connectivity index (χ3n) is 6.26. The van der Waals surface area contributed by atoms with Crippen LogP contribution < -0.4 is 26.4 Å². The van der Waals surface area contributed by atoms with Gasteiger partial charge in [-0.25, -0.2) is 0 Å². The van der Waals surface area contributed by atoms with E-state index in [-0.39, 0.29) is 18.8 Å². The molecule has 2 rings (SSSR count). The van der Waals surface area contributed by atoms with Gasteiger partial charge in [-0.2, -0.15) is 0 Å². The maximum absolute atomic E-state index is 13.2. The van der Waals surface area contributed by atoms with Gasteiger partial charge >= 0.3 is 0 Å². The lowest BCUT2D eigenvalue weighted by molar-refractivity contribution is -0.138. The van der Waals surface area contributed by atoms with E-state index >= 15 is 0 Å². The van der Waals surface area contributed by atoms with Crippen molar-refractivity contribution in [3.8, 4) is 5.75 Å². The summed E-state index contributed by atoms with van der Waals surface area (Å²) in [6.45, 7) is 6.92. The lowest BCUT2D eigenvalue weighted by Crippen LogP contribution is -2.62. The largest absolute Gasteiger partial charge is 0.496 e. The summed E-state index contributed by atoms with van der Waals surface area (Å²) in [4.78, 5) is 39.0. The average molecular weight is 461 g/mol. The van der Waals surface area contributed by atoms with Crippen molar-refractivity contribution in [3.05, 3.63) is 35.5 Å². The van der Waals surface area contributed by atoms with Crippen LogP contribution in [0.4, 0.5) is 0 Å². The second-order valence-electron chi connectivity index (χ2n) is 8.75. The van der Waals surface area contributed by atoms with Crippen molar-refractivity contribution in [2.75, 3.05) is 7.11 Å². The van der Waals surface area contributed by atoms with Crippen LogP contribution >= 0.6 is 0 Å². The quantitative estimate of drug-likeness (QED) is 0.441. The molecule has 1 aliphatic heterocycles. The topological polar surface area (TPSA) is 143 Å². The van der Waals surface area contributed by atoms with Crippen molar-refractivity contribution in [3.63, 3.8) is 0 Å². The fourth-order valence-corrected chi connectivity index (χ4v) is 3.60. The fraction of sp³-hybridized carbons (Fsp3) is 0.542.